The zero-order chi connectivity index (χ0) is 35.8. The standard InChI is InChI=1S/C52H35NS/c1-3-12-36(13-4-1)38-28-32-43(33-29-38)53(50-23-9-17-40-16-7-8-18-45(40)50)44-34-30-39(31-35-44)37-24-26-42(27-25-37)47-20-11-22-49-48-21-10-19-46(51(48)54-52(47)49)41-14-5-2-6-15-41/h1-35H. The molecule has 254 valence electrons. The summed E-state index contributed by atoms with van der Waals surface area (Å²) in [4.78, 5) is 2.37. The van der Waals surface area contributed by atoms with Gasteiger partial charge >= 0.3 is 0 Å². The maximum Gasteiger partial charge on any atom is 0.0540 e. The van der Waals surface area contributed by atoms with Crippen LogP contribution in [0.3, 0.4) is 0 Å². The van der Waals surface area contributed by atoms with Crippen LogP contribution in [0.2, 0.25) is 0 Å². The van der Waals surface area contributed by atoms with Crippen LogP contribution >= 0.6 is 11.3 Å². The van der Waals surface area contributed by atoms with Crippen molar-refractivity contribution in [2.45, 2.75) is 0 Å². The third-order valence-corrected chi connectivity index (χ3v) is 11.8. The number of hydrogen-bond acceptors (Lipinski definition) is 2. The molecule has 1 aromatic heterocycles. The van der Waals surface area contributed by atoms with E-state index in [4.69, 9.17) is 0 Å². The van der Waals surface area contributed by atoms with E-state index in [1.807, 2.05) is 11.3 Å². The van der Waals surface area contributed by atoms with Gasteiger partial charge in [-0.15, -0.1) is 11.3 Å². The molecule has 9 aromatic carbocycles. The van der Waals surface area contributed by atoms with Gasteiger partial charge in [-0.05, 0) is 80.2 Å². The number of anilines is 3. The van der Waals surface area contributed by atoms with Crippen molar-refractivity contribution >= 4 is 59.3 Å². The van der Waals surface area contributed by atoms with Crippen molar-refractivity contribution in [3.05, 3.63) is 212 Å². The van der Waals surface area contributed by atoms with Gasteiger partial charge in [0.1, 0.15) is 0 Å². The molecule has 2 heteroatoms. The minimum absolute atomic E-state index is 1.12. The van der Waals surface area contributed by atoms with Crippen molar-refractivity contribution in [2.75, 3.05) is 4.90 Å². The predicted molar refractivity (Wildman–Crippen MR) is 233 cm³/mol. The van der Waals surface area contributed by atoms with Gasteiger partial charge < -0.3 is 4.90 Å². The van der Waals surface area contributed by atoms with Gasteiger partial charge in [-0.3, -0.25) is 0 Å². The summed E-state index contributed by atoms with van der Waals surface area (Å²) >= 11 is 1.90. The fourth-order valence-electron chi connectivity index (χ4n) is 7.80. The molecule has 0 bridgehead atoms. The second-order valence-corrected chi connectivity index (χ2v) is 14.7. The third kappa shape index (κ3) is 5.74. The van der Waals surface area contributed by atoms with Crippen LogP contribution in [0.5, 0.6) is 0 Å². The number of benzene rings is 9. The van der Waals surface area contributed by atoms with Crippen LogP contribution in [0.25, 0.3) is 75.5 Å². The SMILES string of the molecule is c1ccc(-c2ccc(N(c3ccc(-c4ccc(-c5cccc6c5sc5c(-c7ccccc7)cccc56)cc4)cc3)c3cccc4ccccc34)cc2)cc1. The second-order valence-electron chi connectivity index (χ2n) is 13.7. The second kappa shape index (κ2) is 13.7. The van der Waals surface area contributed by atoms with E-state index < -0.39 is 0 Å². The minimum Gasteiger partial charge on any atom is -0.310 e. The summed E-state index contributed by atoms with van der Waals surface area (Å²) in [6.07, 6.45) is 0. The maximum atomic E-state index is 2.37. The molecule has 0 atom stereocenters. The molecule has 0 unspecified atom stereocenters. The molecule has 0 spiro atoms. The Morgan fingerprint density at radius 1 is 0.278 bits per heavy atom. The lowest BCUT2D eigenvalue weighted by atomic mass is 9.98. The summed E-state index contributed by atoms with van der Waals surface area (Å²) in [5.74, 6) is 0. The predicted octanol–water partition coefficient (Wildman–Crippen LogP) is 15.3. The summed E-state index contributed by atoms with van der Waals surface area (Å²) in [7, 11) is 0. The molecule has 1 heterocycles. The molecule has 1 nitrogen and oxygen atoms in total. The third-order valence-electron chi connectivity index (χ3n) is 10.5. The highest BCUT2D eigenvalue weighted by molar-refractivity contribution is 7.26. The molecule has 0 saturated carbocycles. The molecule has 54 heavy (non-hydrogen) atoms. The normalized spacial score (nSPS) is 11.3. The summed E-state index contributed by atoms with van der Waals surface area (Å²) in [5.41, 5.74) is 13.3. The number of fused-ring (bicyclic) bond motifs is 4. The topological polar surface area (TPSA) is 3.24 Å². The average molecular weight is 706 g/mol. The molecule has 0 amide bonds. The van der Waals surface area contributed by atoms with E-state index in [1.165, 1.54) is 75.5 Å². The quantitative estimate of drug-likeness (QED) is 0.160. The van der Waals surface area contributed by atoms with Gasteiger partial charge in [-0.2, -0.15) is 0 Å². The van der Waals surface area contributed by atoms with Gasteiger partial charge in [0, 0.05) is 36.9 Å². The van der Waals surface area contributed by atoms with Crippen LogP contribution in [0, 0.1) is 0 Å². The van der Waals surface area contributed by atoms with E-state index in [2.05, 4.69) is 217 Å². The Morgan fingerprint density at radius 2 is 0.667 bits per heavy atom. The van der Waals surface area contributed by atoms with E-state index >= 15 is 0 Å². The fraction of sp³-hybridized carbons (Fsp3) is 0. The van der Waals surface area contributed by atoms with Gasteiger partial charge in [0.2, 0.25) is 0 Å². The molecule has 10 rings (SSSR count). The van der Waals surface area contributed by atoms with Gasteiger partial charge in [-0.1, -0.05) is 182 Å². The zero-order valence-corrected chi connectivity index (χ0v) is 30.4. The largest absolute Gasteiger partial charge is 0.310 e. The minimum atomic E-state index is 1.12. The van der Waals surface area contributed by atoms with Crippen molar-refractivity contribution in [3.63, 3.8) is 0 Å². The summed E-state index contributed by atoms with van der Waals surface area (Å²) in [6.45, 7) is 0. The molecule has 10 aromatic rings. The Hall–Kier alpha value is -6.74. The Morgan fingerprint density at radius 3 is 1.24 bits per heavy atom. The van der Waals surface area contributed by atoms with Crippen molar-refractivity contribution in [3.8, 4) is 44.5 Å². The van der Waals surface area contributed by atoms with Crippen LogP contribution in [-0.2, 0) is 0 Å². The van der Waals surface area contributed by atoms with Crippen LogP contribution in [0.4, 0.5) is 17.1 Å². The summed E-state index contributed by atoms with van der Waals surface area (Å²) < 4.78 is 2.67. The van der Waals surface area contributed by atoms with Crippen molar-refractivity contribution in [1.29, 1.82) is 0 Å². The Kier molecular flexibility index (Phi) is 8.09. The molecular formula is C52H35NS. The lowest BCUT2D eigenvalue weighted by molar-refractivity contribution is 1.30. The highest BCUT2D eigenvalue weighted by Crippen LogP contribution is 2.44. The molecule has 0 saturated heterocycles. The highest BCUT2D eigenvalue weighted by Gasteiger charge is 2.17. The van der Waals surface area contributed by atoms with E-state index in [-0.39, 0.29) is 0 Å². The molecule has 0 fully saturated rings. The Labute approximate surface area is 319 Å². The highest BCUT2D eigenvalue weighted by atomic mass is 32.1. The Balaban J connectivity index is 0.995. The van der Waals surface area contributed by atoms with E-state index in [9.17, 15) is 0 Å². The lowest BCUT2D eigenvalue weighted by Crippen LogP contribution is -2.10. The van der Waals surface area contributed by atoms with E-state index in [1.54, 1.807) is 0 Å². The zero-order valence-electron chi connectivity index (χ0n) is 29.6. The number of nitrogens with zero attached hydrogens (tertiary/aromatic N) is 1. The van der Waals surface area contributed by atoms with Gasteiger partial charge in [0.05, 0.1) is 5.69 Å². The number of hydrogen-bond donors (Lipinski definition) is 0. The summed E-state index contributed by atoms with van der Waals surface area (Å²) in [6, 6.07) is 76.9. The lowest BCUT2D eigenvalue weighted by Gasteiger charge is -2.27. The smallest absolute Gasteiger partial charge is 0.0540 e. The first-order chi connectivity index (χ1) is 26.8. The fourth-order valence-corrected chi connectivity index (χ4v) is 9.17. The van der Waals surface area contributed by atoms with E-state index in [0.29, 0.717) is 0 Å². The van der Waals surface area contributed by atoms with E-state index in [0.717, 1.165) is 17.1 Å². The van der Waals surface area contributed by atoms with Crippen molar-refractivity contribution in [1.82, 2.24) is 0 Å². The van der Waals surface area contributed by atoms with Gasteiger partial charge in [0.25, 0.3) is 0 Å². The molecule has 0 aliphatic rings. The molecule has 0 radical (unpaired) electrons. The summed E-state index contributed by atoms with van der Waals surface area (Å²) in [5, 5.41) is 5.08. The molecule has 0 aliphatic carbocycles. The monoisotopic (exact) mass is 705 g/mol. The van der Waals surface area contributed by atoms with Crippen LogP contribution in [-0.4, -0.2) is 0 Å². The van der Waals surface area contributed by atoms with Crippen LogP contribution in [0.15, 0.2) is 212 Å². The van der Waals surface area contributed by atoms with Crippen LogP contribution < -0.4 is 4.90 Å². The van der Waals surface area contributed by atoms with Gasteiger partial charge in [-0.25, -0.2) is 0 Å². The van der Waals surface area contributed by atoms with Gasteiger partial charge in [0.15, 0.2) is 0 Å². The molecule has 0 N–H and O–H groups in total. The van der Waals surface area contributed by atoms with Crippen LogP contribution in [0.1, 0.15) is 0 Å². The first-order valence-corrected chi connectivity index (χ1v) is 19.2. The first kappa shape index (κ1) is 32.0. The Bertz CT molecular complexity index is 2880. The van der Waals surface area contributed by atoms with Crippen molar-refractivity contribution < 1.29 is 0 Å². The first-order valence-electron chi connectivity index (χ1n) is 18.4. The van der Waals surface area contributed by atoms with Crippen molar-refractivity contribution in [2.24, 2.45) is 0 Å². The molecular weight excluding hydrogens is 671 g/mol. The molecule has 0 aliphatic heterocycles. The average Bonchev–Trinajstić information content (AvgIpc) is 3.64. The number of thiophene rings is 1. The number of rotatable bonds is 7. The maximum absolute atomic E-state index is 2.37.